The van der Waals surface area contributed by atoms with E-state index >= 15 is 0 Å². The molecule has 0 saturated heterocycles. The first kappa shape index (κ1) is 19.8. The zero-order chi connectivity index (χ0) is 19.3. The van der Waals surface area contributed by atoms with E-state index in [1.165, 1.54) is 25.4 Å². The lowest BCUT2D eigenvalue weighted by molar-refractivity contribution is -0.132. The number of carbonyl (C=O) groups is 1. The van der Waals surface area contributed by atoms with Crippen LogP contribution in [0.3, 0.4) is 0 Å². The number of hydrogen-bond donors (Lipinski definition) is 0. The average Bonchev–Trinajstić information content (AvgIpc) is 2.61. The molecule has 0 amide bonds. The highest BCUT2D eigenvalue weighted by molar-refractivity contribution is 6.43. The van der Waals surface area contributed by atoms with Gasteiger partial charge in [0.2, 0.25) is 0 Å². The first-order valence-electron chi connectivity index (χ1n) is 8.61. The minimum atomic E-state index is -0.624. The molecule has 5 nitrogen and oxygen atoms in total. The Morgan fingerprint density at radius 1 is 1.04 bits per heavy atom. The van der Waals surface area contributed by atoms with Gasteiger partial charge in [0.25, 0.3) is 0 Å². The number of ether oxygens (including phenoxy) is 2. The third kappa shape index (κ3) is 4.34. The van der Waals surface area contributed by atoms with Gasteiger partial charge in [-0.3, -0.25) is 0 Å². The zero-order valence-corrected chi connectivity index (χ0v) is 16.4. The van der Waals surface area contributed by atoms with Gasteiger partial charge in [-0.05, 0) is 63.8 Å². The lowest BCUT2D eigenvalue weighted by Crippen LogP contribution is -2.35. The van der Waals surface area contributed by atoms with Crippen molar-refractivity contribution in [3.63, 3.8) is 0 Å². The van der Waals surface area contributed by atoms with E-state index in [-0.39, 0.29) is 5.71 Å². The second-order valence-electron chi connectivity index (χ2n) is 6.91. The van der Waals surface area contributed by atoms with E-state index in [1.807, 2.05) is 44.2 Å². The largest absolute Gasteiger partial charge is 0.483 e. The summed E-state index contributed by atoms with van der Waals surface area (Å²) in [6.45, 7) is 8.19. The molecule has 2 rings (SSSR count). The molecule has 5 heteroatoms. The molecule has 1 aliphatic rings. The van der Waals surface area contributed by atoms with Crippen LogP contribution in [0.2, 0.25) is 0 Å². The number of esters is 1. The Balaban J connectivity index is 2.53. The van der Waals surface area contributed by atoms with Gasteiger partial charge in [0.15, 0.2) is 5.71 Å². The number of oxime groups is 1. The predicted molar refractivity (Wildman–Crippen MR) is 102 cm³/mol. The molecule has 140 valence electrons. The molecule has 0 aliphatic heterocycles. The molecule has 1 aromatic carbocycles. The Bertz CT molecular complexity index is 757. The van der Waals surface area contributed by atoms with Gasteiger partial charge in [0.1, 0.15) is 18.5 Å². The number of benzene rings is 1. The summed E-state index contributed by atoms with van der Waals surface area (Å²) in [6, 6.07) is 9.65. The molecule has 0 bridgehead atoms. The lowest BCUT2D eigenvalue weighted by atomic mass is 9.78. The van der Waals surface area contributed by atoms with Crippen molar-refractivity contribution in [1.29, 1.82) is 0 Å². The fourth-order valence-corrected chi connectivity index (χ4v) is 3.10. The SMILES string of the molecule is CO/N=C(/C(=O)OC)C1=C(C(C)(C)Oc2ccccc2)CC(C)=C(C)C1. The van der Waals surface area contributed by atoms with Gasteiger partial charge in [0, 0.05) is 0 Å². The molecule has 0 unspecified atom stereocenters. The second kappa shape index (κ2) is 8.21. The summed E-state index contributed by atoms with van der Waals surface area (Å²) in [7, 11) is 2.77. The van der Waals surface area contributed by atoms with Crippen LogP contribution in [0.5, 0.6) is 5.75 Å². The summed E-state index contributed by atoms with van der Waals surface area (Å²) < 4.78 is 11.2. The minimum absolute atomic E-state index is 0.196. The lowest BCUT2D eigenvalue weighted by Gasteiger charge is -2.35. The molecule has 0 atom stereocenters. The van der Waals surface area contributed by atoms with Crippen LogP contribution >= 0.6 is 0 Å². The topological polar surface area (TPSA) is 57.1 Å². The Morgan fingerprint density at radius 2 is 1.65 bits per heavy atom. The van der Waals surface area contributed by atoms with Crippen molar-refractivity contribution in [2.75, 3.05) is 14.2 Å². The van der Waals surface area contributed by atoms with Crippen molar-refractivity contribution >= 4 is 11.7 Å². The molecule has 26 heavy (non-hydrogen) atoms. The molecule has 0 N–H and O–H groups in total. The molecule has 1 aromatic rings. The molecule has 0 heterocycles. The number of rotatable bonds is 6. The Hall–Kier alpha value is -2.56. The van der Waals surface area contributed by atoms with E-state index in [1.54, 1.807) is 0 Å². The maximum atomic E-state index is 12.3. The summed E-state index contributed by atoms with van der Waals surface area (Å²) in [4.78, 5) is 17.2. The van der Waals surface area contributed by atoms with Crippen LogP contribution in [0.15, 0.2) is 57.8 Å². The van der Waals surface area contributed by atoms with Crippen LogP contribution in [-0.2, 0) is 14.4 Å². The minimum Gasteiger partial charge on any atom is -0.483 e. The van der Waals surface area contributed by atoms with Gasteiger partial charge in [-0.15, -0.1) is 0 Å². The number of nitrogens with zero attached hydrogens (tertiary/aromatic N) is 1. The average molecular weight is 357 g/mol. The van der Waals surface area contributed by atoms with Crippen molar-refractivity contribution in [3.05, 3.63) is 52.6 Å². The normalized spacial score (nSPS) is 15.8. The molecule has 0 aromatic heterocycles. The number of carbonyl (C=O) groups excluding carboxylic acids is 1. The van der Waals surface area contributed by atoms with Crippen molar-refractivity contribution in [1.82, 2.24) is 0 Å². The molecule has 0 fully saturated rings. The molecule has 0 radical (unpaired) electrons. The number of hydrogen-bond acceptors (Lipinski definition) is 5. The highest BCUT2D eigenvalue weighted by atomic mass is 16.6. The fourth-order valence-electron chi connectivity index (χ4n) is 3.10. The highest BCUT2D eigenvalue weighted by Gasteiger charge is 2.35. The van der Waals surface area contributed by atoms with Crippen LogP contribution in [0.4, 0.5) is 0 Å². The molecule has 0 spiro atoms. The number of allylic oxidation sites excluding steroid dienone is 2. The quantitative estimate of drug-likeness (QED) is 0.327. The number of methoxy groups -OCH3 is 1. The van der Waals surface area contributed by atoms with E-state index < -0.39 is 11.6 Å². The number of para-hydroxylation sites is 1. The van der Waals surface area contributed by atoms with Crippen molar-refractivity contribution in [3.8, 4) is 5.75 Å². The standard InChI is InChI=1S/C21H27NO4/c1-14-12-17(19(22-25-6)20(23)24-5)18(13-15(14)2)21(3,4)26-16-10-8-7-9-11-16/h7-11H,12-13H2,1-6H3/b22-19+. The van der Waals surface area contributed by atoms with Gasteiger partial charge in [-0.25, -0.2) is 4.79 Å². The summed E-state index contributed by atoms with van der Waals surface area (Å²) in [5.41, 5.74) is 3.87. The third-order valence-corrected chi connectivity index (χ3v) is 4.67. The zero-order valence-electron chi connectivity index (χ0n) is 16.4. The van der Waals surface area contributed by atoms with E-state index in [0.29, 0.717) is 12.8 Å². The van der Waals surface area contributed by atoms with E-state index in [0.717, 1.165) is 16.9 Å². The predicted octanol–water partition coefficient (Wildman–Crippen LogP) is 4.45. The Morgan fingerprint density at radius 3 is 2.23 bits per heavy atom. The maximum absolute atomic E-state index is 12.3. The Kier molecular flexibility index (Phi) is 6.24. The van der Waals surface area contributed by atoms with Gasteiger partial charge < -0.3 is 14.3 Å². The smallest absolute Gasteiger partial charge is 0.360 e. The van der Waals surface area contributed by atoms with E-state index in [4.69, 9.17) is 14.3 Å². The Labute approximate surface area is 155 Å². The summed E-state index contributed by atoms with van der Waals surface area (Å²) in [5.74, 6) is 0.263. The van der Waals surface area contributed by atoms with Gasteiger partial charge in [0.05, 0.1) is 7.11 Å². The van der Waals surface area contributed by atoms with Crippen molar-refractivity contribution in [2.24, 2.45) is 5.16 Å². The van der Waals surface area contributed by atoms with E-state index in [2.05, 4.69) is 19.0 Å². The van der Waals surface area contributed by atoms with Gasteiger partial charge in [-0.1, -0.05) is 34.5 Å². The van der Waals surface area contributed by atoms with Crippen LogP contribution < -0.4 is 4.74 Å². The molecular formula is C21H27NO4. The summed E-state index contributed by atoms with van der Waals surface area (Å²) in [6.07, 6.45) is 1.32. The second-order valence-corrected chi connectivity index (χ2v) is 6.91. The highest BCUT2D eigenvalue weighted by Crippen LogP contribution is 2.38. The monoisotopic (exact) mass is 357 g/mol. The maximum Gasteiger partial charge on any atom is 0.360 e. The fraction of sp³-hybridized carbons (Fsp3) is 0.429. The molecule has 0 saturated carbocycles. The molecule has 1 aliphatic carbocycles. The van der Waals surface area contributed by atoms with E-state index in [9.17, 15) is 4.79 Å². The van der Waals surface area contributed by atoms with Crippen LogP contribution in [0.25, 0.3) is 0 Å². The summed E-state index contributed by atoms with van der Waals surface area (Å²) in [5, 5.41) is 3.95. The van der Waals surface area contributed by atoms with Gasteiger partial charge in [-0.2, -0.15) is 0 Å². The van der Waals surface area contributed by atoms with Crippen molar-refractivity contribution in [2.45, 2.75) is 46.1 Å². The van der Waals surface area contributed by atoms with Crippen molar-refractivity contribution < 1.29 is 19.1 Å². The van der Waals surface area contributed by atoms with Crippen LogP contribution in [0.1, 0.15) is 40.5 Å². The molecular weight excluding hydrogens is 330 g/mol. The first-order chi connectivity index (χ1) is 12.3. The van der Waals surface area contributed by atoms with Crippen LogP contribution in [0, 0.1) is 0 Å². The van der Waals surface area contributed by atoms with Crippen LogP contribution in [-0.4, -0.2) is 31.5 Å². The third-order valence-electron chi connectivity index (χ3n) is 4.67. The van der Waals surface area contributed by atoms with Gasteiger partial charge >= 0.3 is 5.97 Å². The first-order valence-corrected chi connectivity index (χ1v) is 8.61. The summed E-state index contributed by atoms with van der Waals surface area (Å²) >= 11 is 0.